The Kier molecular flexibility index (Phi) is 8.06. The number of carbonyl (C=O) groups excluding carboxylic acids is 3. The number of hydrogen-bond acceptors (Lipinski definition) is 6. The van der Waals surface area contributed by atoms with Crippen LogP contribution < -0.4 is 10.2 Å². The first-order chi connectivity index (χ1) is 17.9. The second-order valence-corrected chi connectivity index (χ2v) is 9.54. The number of ether oxygens (including phenoxy) is 1. The van der Waals surface area contributed by atoms with Gasteiger partial charge in [-0.25, -0.2) is 4.79 Å². The lowest BCUT2D eigenvalue weighted by atomic mass is 10.1. The van der Waals surface area contributed by atoms with E-state index < -0.39 is 17.1 Å². The molecule has 0 aromatic heterocycles. The molecule has 186 valence electrons. The van der Waals surface area contributed by atoms with E-state index >= 15 is 0 Å². The minimum Gasteiger partial charge on any atom is -0.462 e. The third-order valence-electron chi connectivity index (χ3n) is 5.68. The number of thioether (sulfide) groups is 1. The van der Waals surface area contributed by atoms with Crippen molar-refractivity contribution in [1.82, 2.24) is 0 Å². The molecule has 1 atom stereocenters. The Labute approximate surface area is 219 Å². The zero-order valence-electron chi connectivity index (χ0n) is 20.4. The van der Waals surface area contributed by atoms with Gasteiger partial charge in [0.2, 0.25) is 5.91 Å². The second kappa shape index (κ2) is 11.6. The van der Waals surface area contributed by atoms with Gasteiger partial charge in [-0.2, -0.15) is 5.26 Å². The topological polar surface area (TPSA) is 99.5 Å². The molecule has 0 aliphatic carbocycles. The standard InChI is InChI=1S/C29H25N3O4S/c1-3-36-29(35)21-12-14-22(15-13-21)31-26(33)24(18-30)28-32(23-10-5-4-6-11-23)27(34)25(37-28)17-20-9-7-8-19(2)16-20/h4-16,25H,3,17H2,1-2H3,(H,31,33)/b28-24-. The molecule has 1 aliphatic heterocycles. The van der Waals surface area contributed by atoms with Crippen molar-refractivity contribution in [3.05, 3.63) is 106 Å². The first kappa shape index (κ1) is 25.7. The summed E-state index contributed by atoms with van der Waals surface area (Å²) in [6.45, 7) is 3.97. The van der Waals surface area contributed by atoms with Crippen LogP contribution in [-0.4, -0.2) is 29.6 Å². The molecule has 0 saturated carbocycles. The molecule has 0 bridgehead atoms. The van der Waals surface area contributed by atoms with Crippen molar-refractivity contribution in [3.63, 3.8) is 0 Å². The zero-order valence-corrected chi connectivity index (χ0v) is 21.2. The van der Waals surface area contributed by atoms with E-state index in [0.717, 1.165) is 11.1 Å². The molecular weight excluding hydrogens is 486 g/mol. The summed E-state index contributed by atoms with van der Waals surface area (Å²) < 4.78 is 4.98. The van der Waals surface area contributed by atoms with Crippen molar-refractivity contribution in [1.29, 1.82) is 5.26 Å². The van der Waals surface area contributed by atoms with Crippen molar-refractivity contribution < 1.29 is 19.1 Å². The summed E-state index contributed by atoms with van der Waals surface area (Å²) >= 11 is 1.22. The van der Waals surface area contributed by atoms with Gasteiger partial charge < -0.3 is 10.1 Å². The number of nitrogens with one attached hydrogen (secondary N) is 1. The maximum atomic E-state index is 13.5. The van der Waals surface area contributed by atoms with Crippen LogP contribution in [0.5, 0.6) is 0 Å². The molecule has 1 saturated heterocycles. The fourth-order valence-electron chi connectivity index (χ4n) is 3.95. The molecule has 1 unspecified atom stereocenters. The Morgan fingerprint density at radius 3 is 2.43 bits per heavy atom. The van der Waals surface area contributed by atoms with Crippen LogP contribution in [0, 0.1) is 18.3 Å². The normalized spacial score (nSPS) is 16.2. The Morgan fingerprint density at radius 1 is 1.05 bits per heavy atom. The summed E-state index contributed by atoms with van der Waals surface area (Å²) in [5.74, 6) is -1.29. The van der Waals surface area contributed by atoms with E-state index in [1.165, 1.54) is 28.8 Å². The van der Waals surface area contributed by atoms with Gasteiger partial charge in [0.15, 0.2) is 0 Å². The number of esters is 1. The Hall–Kier alpha value is -4.35. The summed E-state index contributed by atoms with van der Waals surface area (Å²) in [7, 11) is 0. The number of aryl methyl sites for hydroxylation is 1. The van der Waals surface area contributed by atoms with E-state index in [1.54, 1.807) is 43.3 Å². The second-order valence-electron chi connectivity index (χ2n) is 8.35. The number of benzene rings is 3. The van der Waals surface area contributed by atoms with Gasteiger partial charge in [0.25, 0.3) is 5.91 Å². The van der Waals surface area contributed by atoms with Gasteiger partial charge in [-0.15, -0.1) is 0 Å². The van der Waals surface area contributed by atoms with Gasteiger partial charge >= 0.3 is 5.97 Å². The van der Waals surface area contributed by atoms with Gasteiger partial charge in [-0.05, 0) is 62.2 Å². The molecule has 0 radical (unpaired) electrons. The monoisotopic (exact) mass is 511 g/mol. The first-order valence-corrected chi connectivity index (χ1v) is 12.6. The average molecular weight is 512 g/mol. The summed E-state index contributed by atoms with van der Waals surface area (Å²) in [5, 5.41) is 12.5. The Balaban J connectivity index is 1.64. The highest BCUT2D eigenvalue weighted by Gasteiger charge is 2.40. The van der Waals surface area contributed by atoms with Crippen LogP contribution in [0.3, 0.4) is 0 Å². The Morgan fingerprint density at radius 2 is 1.78 bits per heavy atom. The third-order valence-corrected chi connectivity index (χ3v) is 6.94. The van der Waals surface area contributed by atoms with Crippen molar-refractivity contribution in [2.45, 2.75) is 25.5 Å². The highest BCUT2D eigenvalue weighted by atomic mass is 32.2. The predicted molar refractivity (Wildman–Crippen MR) is 144 cm³/mol. The number of anilines is 2. The lowest BCUT2D eigenvalue weighted by Gasteiger charge is -2.18. The maximum Gasteiger partial charge on any atom is 0.338 e. The molecule has 1 aliphatic rings. The highest BCUT2D eigenvalue weighted by Crippen LogP contribution is 2.42. The largest absolute Gasteiger partial charge is 0.462 e. The molecule has 2 amide bonds. The fraction of sp³-hybridized carbons (Fsp3) is 0.172. The predicted octanol–water partition coefficient (Wildman–Crippen LogP) is 5.24. The van der Waals surface area contributed by atoms with Crippen LogP contribution in [0.4, 0.5) is 11.4 Å². The van der Waals surface area contributed by atoms with E-state index in [2.05, 4.69) is 5.32 Å². The van der Waals surface area contributed by atoms with Crippen molar-refractivity contribution in [3.8, 4) is 6.07 Å². The first-order valence-electron chi connectivity index (χ1n) is 11.8. The summed E-state index contributed by atoms with van der Waals surface area (Å²) in [4.78, 5) is 40.1. The van der Waals surface area contributed by atoms with E-state index in [1.807, 2.05) is 43.3 Å². The maximum absolute atomic E-state index is 13.5. The van der Waals surface area contributed by atoms with Gasteiger partial charge in [0.1, 0.15) is 16.7 Å². The lowest BCUT2D eigenvalue weighted by Crippen LogP contribution is -2.30. The van der Waals surface area contributed by atoms with Gasteiger partial charge in [-0.1, -0.05) is 59.8 Å². The van der Waals surface area contributed by atoms with E-state index in [9.17, 15) is 19.6 Å². The molecular formula is C29H25N3O4S. The van der Waals surface area contributed by atoms with Crippen LogP contribution in [0.1, 0.15) is 28.4 Å². The zero-order chi connectivity index (χ0) is 26.4. The molecule has 1 N–H and O–H groups in total. The summed E-state index contributed by atoms with van der Waals surface area (Å²) in [5.41, 5.74) is 3.28. The van der Waals surface area contributed by atoms with E-state index in [0.29, 0.717) is 23.4 Å². The molecule has 4 rings (SSSR count). The van der Waals surface area contributed by atoms with Crippen LogP contribution in [0.15, 0.2) is 89.5 Å². The molecule has 1 heterocycles. The lowest BCUT2D eigenvalue weighted by molar-refractivity contribution is -0.117. The van der Waals surface area contributed by atoms with Crippen molar-refractivity contribution in [2.24, 2.45) is 0 Å². The SMILES string of the molecule is CCOC(=O)c1ccc(NC(=O)/C(C#N)=C2\SC(Cc3cccc(C)c3)C(=O)N2c2ccccc2)cc1. The van der Waals surface area contributed by atoms with E-state index in [4.69, 9.17) is 4.74 Å². The van der Waals surface area contributed by atoms with Crippen LogP contribution in [-0.2, 0) is 20.7 Å². The molecule has 1 fully saturated rings. The summed E-state index contributed by atoms with van der Waals surface area (Å²) in [6, 6.07) is 25.1. The van der Waals surface area contributed by atoms with Crippen LogP contribution in [0.25, 0.3) is 0 Å². The third kappa shape index (κ3) is 5.90. The molecule has 8 heteroatoms. The Bertz CT molecular complexity index is 1390. The summed E-state index contributed by atoms with van der Waals surface area (Å²) in [6.07, 6.45) is 0.466. The number of amides is 2. The molecule has 3 aromatic carbocycles. The fourth-order valence-corrected chi connectivity index (χ4v) is 5.26. The minimum atomic E-state index is -0.640. The minimum absolute atomic E-state index is 0.164. The average Bonchev–Trinajstić information content (AvgIpc) is 3.20. The molecule has 7 nitrogen and oxygen atoms in total. The number of hydrogen-bond donors (Lipinski definition) is 1. The number of para-hydroxylation sites is 1. The smallest absolute Gasteiger partial charge is 0.338 e. The quantitative estimate of drug-likeness (QED) is 0.265. The number of nitrogens with zero attached hydrogens (tertiary/aromatic N) is 2. The number of nitriles is 1. The van der Waals surface area contributed by atoms with Gasteiger partial charge in [0.05, 0.1) is 17.4 Å². The van der Waals surface area contributed by atoms with Crippen molar-refractivity contribution >= 4 is 40.9 Å². The van der Waals surface area contributed by atoms with Crippen molar-refractivity contribution in [2.75, 3.05) is 16.8 Å². The van der Waals surface area contributed by atoms with E-state index in [-0.39, 0.29) is 23.1 Å². The molecule has 0 spiro atoms. The number of carbonyl (C=O) groups is 3. The highest BCUT2D eigenvalue weighted by molar-refractivity contribution is 8.05. The van der Waals surface area contributed by atoms with Gasteiger partial charge in [0, 0.05) is 11.4 Å². The molecule has 3 aromatic rings. The number of rotatable bonds is 7. The molecule has 37 heavy (non-hydrogen) atoms. The van der Waals surface area contributed by atoms with Crippen LogP contribution in [0.2, 0.25) is 0 Å². The van der Waals surface area contributed by atoms with Crippen LogP contribution >= 0.6 is 11.8 Å². The van der Waals surface area contributed by atoms with Gasteiger partial charge in [-0.3, -0.25) is 14.5 Å².